The van der Waals surface area contributed by atoms with Crippen LogP contribution in [-0.2, 0) is 16.1 Å². The highest BCUT2D eigenvalue weighted by Gasteiger charge is 2.16. The van der Waals surface area contributed by atoms with E-state index in [2.05, 4.69) is 37.2 Å². The fraction of sp³-hybridized carbons (Fsp3) is 0.235. The monoisotopic (exact) mass is 470 g/mol. The van der Waals surface area contributed by atoms with Gasteiger partial charge in [0.05, 0.1) is 17.9 Å². The van der Waals surface area contributed by atoms with Crippen molar-refractivity contribution in [1.82, 2.24) is 4.57 Å². The van der Waals surface area contributed by atoms with Crippen molar-refractivity contribution in [2.45, 2.75) is 19.9 Å². The molecule has 1 heterocycles. The maximum atomic E-state index is 12.3. The lowest BCUT2D eigenvalue weighted by Gasteiger charge is -2.12. The first kappa shape index (κ1) is 19.4. The number of nitrogens with one attached hydrogen (secondary N) is 1. The van der Waals surface area contributed by atoms with Crippen LogP contribution >= 0.6 is 31.9 Å². The average Bonchev–Trinajstić information content (AvgIpc) is 2.57. The summed E-state index contributed by atoms with van der Waals surface area (Å²) in [5.41, 5.74) is 0.284. The Labute approximate surface area is 161 Å². The van der Waals surface area contributed by atoms with Gasteiger partial charge < -0.3 is 14.6 Å². The van der Waals surface area contributed by atoms with E-state index in [1.54, 1.807) is 24.3 Å². The van der Waals surface area contributed by atoms with E-state index in [-0.39, 0.29) is 17.7 Å². The van der Waals surface area contributed by atoms with Crippen LogP contribution in [0.2, 0.25) is 0 Å². The summed E-state index contributed by atoms with van der Waals surface area (Å²) in [4.78, 5) is 36.2. The predicted octanol–water partition coefficient (Wildman–Crippen LogP) is 3.58. The lowest BCUT2D eigenvalue weighted by atomic mass is 10.2. The van der Waals surface area contributed by atoms with Gasteiger partial charge in [0.2, 0.25) is 5.91 Å². The van der Waals surface area contributed by atoms with Gasteiger partial charge in [0.1, 0.15) is 6.54 Å². The molecule has 0 radical (unpaired) electrons. The van der Waals surface area contributed by atoms with Gasteiger partial charge in [-0.05, 0) is 46.6 Å². The number of aromatic nitrogens is 1. The molecular weight excluding hydrogens is 456 g/mol. The van der Waals surface area contributed by atoms with Crippen molar-refractivity contribution in [2.24, 2.45) is 0 Å². The largest absolute Gasteiger partial charge is 0.462 e. The molecule has 6 nitrogen and oxygen atoms in total. The Morgan fingerprint density at radius 3 is 2.60 bits per heavy atom. The first-order valence-electron chi connectivity index (χ1n) is 7.53. The lowest BCUT2D eigenvalue weighted by Crippen LogP contribution is -2.27. The second kappa shape index (κ2) is 8.96. The van der Waals surface area contributed by atoms with Gasteiger partial charge in [-0.15, -0.1) is 0 Å². The molecule has 0 saturated carbocycles. The number of carbonyl (C=O) groups is 2. The van der Waals surface area contributed by atoms with Crippen molar-refractivity contribution in [3.63, 3.8) is 0 Å². The molecule has 0 atom stereocenters. The Bertz CT molecular complexity index is 849. The fourth-order valence-electron chi connectivity index (χ4n) is 2.04. The third-order valence-electron chi connectivity index (χ3n) is 3.17. The zero-order valence-corrected chi connectivity index (χ0v) is 16.6. The number of pyridine rings is 1. The Hall–Kier alpha value is -1.93. The van der Waals surface area contributed by atoms with Gasteiger partial charge in [-0.1, -0.05) is 22.9 Å². The SMILES string of the molecule is CCCOC(=O)c1cc(Br)ccc1NC(=O)Cn1cc(Br)ccc1=O. The summed E-state index contributed by atoms with van der Waals surface area (Å²) >= 11 is 6.56. The second-order valence-corrected chi connectivity index (χ2v) is 7.02. The molecule has 0 aliphatic rings. The third kappa shape index (κ3) is 5.54. The quantitative estimate of drug-likeness (QED) is 0.653. The van der Waals surface area contributed by atoms with Gasteiger partial charge >= 0.3 is 5.97 Å². The number of amides is 1. The molecule has 0 aliphatic heterocycles. The average molecular weight is 472 g/mol. The van der Waals surface area contributed by atoms with Gasteiger partial charge in [-0.25, -0.2) is 4.79 Å². The van der Waals surface area contributed by atoms with Crippen LogP contribution < -0.4 is 10.9 Å². The van der Waals surface area contributed by atoms with E-state index in [9.17, 15) is 14.4 Å². The minimum absolute atomic E-state index is 0.169. The minimum atomic E-state index is -0.516. The molecule has 0 bridgehead atoms. The van der Waals surface area contributed by atoms with E-state index >= 15 is 0 Å². The molecular formula is C17H16Br2N2O4. The Kier molecular flexibility index (Phi) is 6.95. The Balaban J connectivity index is 2.18. The van der Waals surface area contributed by atoms with E-state index in [1.165, 1.54) is 16.8 Å². The van der Waals surface area contributed by atoms with Gasteiger partial charge in [-0.2, -0.15) is 0 Å². The summed E-state index contributed by atoms with van der Waals surface area (Å²) in [6, 6.07) is 7.86. The molecule has 1 aromatic heterocycles. The van der Waals surface area contributed by atoms with Crippen molar-refractivity contribution >= 4 is 49.4 Å². The van der Waals surface area contributed by atoms with Gasteiger partial charge in [0.15, 0.2) is 0 Å². The topological polar surface area (TPSA) is 77.4 Å². The Morgan fingerprint density at radius 2 is 1.88 bits per heavy atom. The molecule has 8 heteroatoms. The summed E-state index contributed by atoms with van der Waals surface area (Å²) in [6.45, 7) is 2.02. The van der Waals surface area contributed by atoms with E-state index in [0.717, 1.165) is 0 Å². The zero-order valence-electron chi connectivity index (χ0n) is 13.4. The molecule has 132 valence electrons. The number of carbonyl (C=O) groups excluding carboxylic acids is 2. The van der Waals surface area contributed by atoms with E-state index in [4.69, 9.17) is 4.74 Å². The summed E-state index contributed by atoms with van der Waals surface area (Å²) in [5.74, 6) is -0.940. The molecule has 0 unspecified atom stereocenters. The smallest absolute Gasteiger partial charge is 0.340 e. The number of esters is 1. The highest BCUT2D eigenvalue weighted by atomic mass is 79.9. The fourth-order valence-corrected chi connectivity index (χ4v) is 2.78. The summed E-state index contributed by atoms with van der Waals surface area (Å²) in [6.07, 6.45) is 2.23. The van der Waals surface area contributed by atoms with Crippen molar-refractivity contribution in [3.05, 3.63) is 61.4 Å². The molecule has 1 aromatic carbocycles. The maximum Gasteiger partial charge on any atom is 0.340 e. The molecule has 0 saturated heterocycles. The normalized spacial score (nSPS) is 10.4. The van der Waals surface area contributed by atoms with Crippen molar-refractivity contribution in [1.29, 1.82) is 0 Å². The van der Waals surface area contributed by atoms with Crippen molar-refractivity contribution in [3.8, 4) is 0 Å². The molecule has 1 amide bonds. The molecule has 25 heavy (non-hydrogen) atoms. The third-order valence-corrected chi connectivity index (χ3v) is 4.14. The van der Waals surface area contributed by atoms with Crippen LogP contribution in [0.25, 0.3) is 0 Å². The van der Waals surface area contributed by atoms with Crippen LogP contribution in [0.4, 0.5) is 5.69 Å². The highest BCUT2D eigenvalue weighted by Crippen LogP contribution is 2.22. The van der Waals surface area contributed by atoms with E-state index < -0.39 is 11.9 Å². The molecule has 2 aromatic rings. The molecule has 2 rings (SSSR count). The predicted molar refractivity (Wildman–Crippen MR) is 102 cm³/mol. The van der Waals surface area contributed by atoms with Gasteiger partial charge in [0, 0.05) is 21.2 Å². The zero-order chi connectivity index (χ0) is 18.4. The number of halogens is 2. The number of hydrogen-bond acceptors (Lipinski definition) is 4. The van der Waals surface area contributed by atoms with Crippen LogP contribution in [0.1, 0.15) is 23.7 Å². The highest BCUT2D eigenvalue weighted by molar-refractivity contribution is 9.10. The molecule has 1 N–H and O–H groups in total. The number of anilines is 1. The second-order valence-electron chi connectivity index (χ2n) is 5.19. The number of hydrogen-bond donors (Lipinski definition) is 1. The maximum absolute atomic E-state index is 12.3. The molecule has 0 fully saturated rings. The van der Waals surface area contributed by atoms with Crippen LogP contribution in [0.5, 0.6) is 0 Å². The number of ether oxygens (including phenoxy) is 1. The number of nitrogens with zero attached hydrogens (tertiary/aromatic N) is 1. The summed E-state index contributed by atoms with van der Waals surface area (Å²) in [5, 5.41) is 2.65. The van der Waals surface area contributed by atoms with Gasteiger partial charge in [0.25, 0.3) is 5.56 Å². The number of rotatable bonds is 6. The van der Waals surface area contributed by atoms with Crippen LogP contribution in [0.15, 0.2) is 50.3 Å². The summed E-state index contributed by atoms with van der Waals surface area (Å²) in [7, 11) is 0. The van der Waals surface area contributed by atoms with Crippen LogP contribution in [0, 0.1) is 0 Å². The molecule has 0 spiro atoms. The van der Waals surface area contributed by atoms with E-state index in [1.807, 2.05) is 6.92 Å². The standard InChI is InChI=1S/C17H16Br2N2O4/c1-2-7-25-17(24)13-8-11(18)3-5-14(13)20-15(22)10-21-9-12(19)4-6-16(21)23/h3-6,8-9H,2,7,10H2,1H3,(H,20,22). The van der Waals surface area contributed by atoms with Crippen LogP contribution in [-0.4, -0.2) is 23.1 Å². The molecule has 0 aliphatic carbocycles. The summed E-state index contributed by atoms with van der Waals surface area (Å²) < 4.78 is 7.79. The van der Waals surface area contributed by atoms with E-state index in [0.29, 0.717) is 27.7 Å². The Morgan fingerprint density at radius 1 is 1.16 bits per heavy atom. The van der Waals surface area contributed by atoms with Crippen LogP contribution in [0.3, 0.4) is 0 Å². The van der Waals surface area contributed by atoms with Crippen molar-refractivity contribution in [2.75, 3.05) is 11.9 Å². The first-order valence-corrected chi connectivity index (χ1v) is 9.12. The lowest BCUT2D eigenvalue weighted by molar-refractivity contribution is -0.116. The van der Waals surface area contributed by atoms with Crippen molar-refractivity contribution < 1.29 is 14.3 Å². The van der Waals surface area contributed by atoms with Gasteiger partial charge in [-0.3, -0.25) is 9.59 Å². The number of benzene rings is 1. The first-order chi connectivity index (χ1) is 11.9. The minimum Gasteiger partial charge on any atom is -0.462 e.